The maximum absolute atomic E-state index is 11.7. The monoisotopic (exact) mass is 299 g/mol. The van der Waals surface area contributed by atoms with E-state index in [2.05, 4.69) is 31.2 Å². The Morgan fingerprint density at radius 2 is 2.38 bits per heavy atom. The van der Waals surface area contributed by atoms with Gasteiger partial charge in [-0.2, -0.15) is 0 Å². The van der Waals surface area contributed by atoms with Gasteiger partial charge in [-0.05, 0) is 28.1 Å². The second-order valence-corrected chi connectivity index (χ2v) is 4.33. The Bertz CT molecular complexity index is 526. The van der Waals surface area contributed by atoms with Crippen molar-refractivity contribution < 1.29 is 4.79 Å². The number of hydrogen-bond acceptors (Lipinski definition) is 2. The molecule has 2 N–H and O–H groups in total. The summed E-state index contributed by atoms with van der Waals surface area (Å²) >= 11 is 9.00. The highest BCUT2D eigenvalue weighted by Gasteiger charge is 2.09. The topological polar surface area (TPSA) is 57.8 Å². The van der Waals surface area contributed by atoms with E-state index < -0.39 is 0 Å². The molecular formula is C10H7BrClN3O. The third-order valence-corrected chi connectivity index (χ3v) is 2.76. The van der Waals surface area contributed by atoms with Gasteiger partial charge in [-0.1, -0.05) is 11.6 Å². The number of nitrogens with one attached hydrogen (secondary N) is 2. The van der Waals surface area contributed by atoms with Crippen LogP contribution in [0, 0.1) is 0 Å². The molecule has 0 aromatic carbocycles. The third kappa shape index (κ3) is 2.43. The smallest absolute Gasteiger partial charge is 0.272 e. The van der Waals surface area contributed by atoms with E-state index in [4.69, 9.17) is 11.6 Å². The fourth-order valence-corrected chi connectivity index (χ4v) is 1.68. The molecule has 6 heteroatoms. The summed E-state index contributed by atoms with van der Waals surface area (Å²) in [6.07, 6.45) is 4.76. The van der Waals surface area contributed by atoms with Crippen LogP contribution in [0.1, 0.15) is 10.5 Å². The molecule has 0 aliphatic heterocycles. The first kappa shape index (κ1) is 11.2. The summed E-state index contributed by atoms with van der Waals surface area (Å²) in [5, 5.41) is 3.22. The highest BCUT2D eigenvalue weighted by atomic mass is 79.9. The van der Waals surface area contributed by atoms with E-state index in [1.54, 1.807) is 30.7 Å². The minimum absolute atomic E-state index is 0.251. The summed E-state index contributed by atoms with van der Waals surface area (Å²) in [7, 11) is 0. The molecule has 0 aliphatic carbocycles. The maximum Gasteiger partial charge on any atom is 0.272 e. The summed E-state index contributed by atoms with van der Waals surface area (Å²) in [4.78, 5) is 18.4. The summed E-state index contributed by atoms with van der Waals surface area (Å²) in [5.74, 6) is -0.251. The largest absolute Gasteiger partial charge is 0.356 e. The molecule has 2 aromatic rings. The minimum atomic E-state index is -0.251. The van der Waals surface area contributed by atoms with E-state index in [9.17, 15) is 4.79 Å². The van der Waals surface area contributed by atoms with Crippen LogP contribution < -0.4 is 5.32 Å². The molecule has 82 valence electrons. The Labute approximate surface area is 105 Å². The highest BCUT2D eigenvalue weighted by Crippen LogP contribution is 2.20. The number of nitrogens with zero attached hydrogens (tertiary/aromatic N) is 1. The molecule has 0 bridgehead atoms. The minimum Gasteiger partial charge on any atom is -0.356 e. The molecule has 0 atom stereocenters. The Hall–Kier alpha value is -1.33. The van der Waals surface area contributed by atoms with Crippen LogP contribution in [0.3, 0.4) is 0 Å². The van der Waals surface area contributed by atoms with Crippen LogP contribution in [0.25, 0.3) is 0 Å². The second-order valence-electron chi connectivity index (χ2n) is 3.04. The van der Waals surface area contributed by atoms with E-state index in [1.807, 2.05) is 0 Å². The zero-order chi connectivity index (χ0) is 11.5. The molecule has 0 unspecified atom stereocenters. The SMILES string of the molecule is O=C(Nc1ccncc1Br)c1cc(Cl)c[nH]1. The van der Waals surface area contributed by atoms with Gasteiger partial charge in [0.05, 0.1) is 15.2 Å². The molecule has 16 heavy (non-hydrogen) atoms. The predicted molar refractivity (Wildman–Crippen MR) is 65.7 cm³/mol. The summed E-state index contributed by atoms with van der Waals surface area (Å²) in [6, 6.07) is 3.26. The van der Waals surface area contributed by atoms with Crippen LogP contribution in [0.4, 0.5) is 5.69 Å². The number of halogens is 2. The fourth-order valence-electron chi connectivity index (χ4n) is 1.17. The van der Waals surface area contributed by atoms with E-state index in [0.29, 0.717) is 16.4 Å². The van der Waals surface area contributed by atoms with E-state index in [-0.39, 0.29) is 5.91 Å². The lowest BCUT2D eigenvalue weighted by Crippen LogP contribution is -2.12. The van der Waals surface area contributed by atoms with Crippen molar-refractivity contribution in [2.45, 2.75) is 0 Å². The number of aromatic amines is 1. The highest BCUT2D eigenvalue weighted by molar-refractivity contribution is 9.10. The number of hydrogen-bond donors (Lipinski definition) is 2. The molecule has 2 aromatic heterocycles. The summed E-state index contributed by atoms with van der Waals surface area (Å²) in [6.45, 7) is 0. The van der Waals surface area contributed by atoms with Gasteiger partial charge in [0.25, 0.3) is 5.91 Å². The summed E-state index contributed by atoms with van der Waals surface area (Å²) in [5.41, 5.74) is 1.07. The second kappa shape index (κ2) is 4.67. The lowest BCUT2D eigenvalue weighted by molar-refractivity contribution is 0.102. The van der Waals surface area contributed by atoms with Crippen LogP contribution in [0.15, 0.2) is 35.2 Å². The Morgan fingerprint density at radius 1 is 1.56 bits per heavy atom. The molecule has 0 saturated heterocycles. The number of amides is 1. The van der Waals surface area contributed by atoms with Gasteiger partial charge >= 0.3 is 0 Å². The average Bonchev–Trinajstić information content (AvgIpc) is 2.68. The quantitative estimate of drug-likeness (QED) is 0.895. The first-order chi connectivity index (χ1) is 7.66. The molecule has 0 radical (unpaired) electrons. The Balaban J connectivity index is 2.17. The molecule has 4 nitrogen and oxygen atoms in total. The van der Waals surface area contributed by atoms with Crippen molar-refractivity contribution in [3.05, 3.63) is 45.9 Å². The fraction of sp³-hybridized carbons (Fsp3) is 0. The molecule has 0 spiro atoms. The number of rotatable bonds is 2. The van der Waals surface area contributed by atoms with Crippen molar-refractivity contribution in [1.82, 2.24) is 9.97 Å². The van der Waals surface area contributed by atoms with Crippen molar-refractivity contribution >= 4 is 39.1 Å². The first-order valence-corrected chi connectivity index (χ1v) is 5.58. The van der Waals surface area contributed by atoms with Crippen molar-refractivity contribution in [2.24, 2.45) is 0 Å². The van der Waals surface area contributed by atoms with Crippen molar-refractivity contribution in [3.8, 4) is 0 Å². The Kier molecular flexibility index (Phi) is 3.26. The third-order valence-electron chi connectivity index (χ3n) is 1.91. The van der Waals surface area contributed by atoms with Gasteiger partial charge in [0.1, 0.15) is 5.69 Å². The zero-order valence-corrected chi connectivity index (χ0v) is 10.3. The first-order valence-electron chi connectivity index (χ1n) is 4.41. The maximum atomic E-state index is 11.7. The van der Waals surface area contributed by atoms with Crippen LogP contribution in [0.5, 0.6) is 0 Å². The molecule has 0 fully saturated rings. The van der Waals surface area contributed by atoms with Gasteiger partial charge in [-0.3, -0.25) is 9.78 Å². The molecule has 2 heterocycles. The Morgan fingerprint density at radius 3 is 3.00 bits per heavy atom. The standard InChI is InChI=1S/C10H7BrClN3O/c11-7-5-13-2-1-8(7)15-10(16)9-3-6(12)4-14-9/h1-5,14H,(H,13,15,16). The predicted octanol–water partition coefficient (Wildman–Crippen LogP) is 3.08. The van der Waals surface area contributed by atoms with Gasteiger partial charge in [0, 0.05) is 18.6 Å². The zero-order valence-electron chi connectivity index (χ0n) is 8.00. The van der Waals surface area contributed by atoms with Crippen LogP contribution in [-0.2, 0) is 0 Å². The number of carbonyl (C=O) groups is 1. The normalized spacial score (nSPS) is 10.1. The number of carbonyl (C=O) groups excluding carboxylic acids is 1. The average molecular weight is 301 g/mol. The van der Waals surface area contributed by atoms with Gasteiger partial charge in [0.2, 0.25) is 0 Å². The molecule has 1 amide bonds. The molecule has 0 saturated carbocycles. The number of anilines is 1. The van der Waals surface area contributed by atoms with Crippen LogP contribution in [0.2, 0.25) is 5.02 Å². The molecular weight excluding hydrogens is 293 g/mol. The number of pyridine rings is 1. The van der Waals surface area contributed by atoms with Gasteiger partial charge in [0.15, 0.2) is 0 Å². The van der Waals surface area contributed by atoms with Crippen LogP contribution >= 0.6 is 27.5 Å². The van der Waals surface area contributed by atoms with Crippen molar-refractivity contribution in [2.75, 3.05) is 5.32 Å². The van der Waals surface area contributed by atoms with Gasteiger partial charge < -0.3 is 10.3 Å². The van der Waals surface area contributed by atoms with Crippen molar-refractivity contribution in [1.29, 1.82) is 0 Å². The molecule has 0 aliphatic rings. The number of H-pyrrole nitrogens is 1. The summed E-state index contributed by atoms with van der Waals surface area (Å²) < 4.78 is 0.723. The lowest BCUT2D eigenvalue weighted by Gasteiger charge is -2.04. The van der Waals surface area contributed by atoms with E-state index in [1.165, 1.54) is 0 Å². The number of aromatic nitrogens is 2. The lowest BCUT2D eigenvalue weighted by atomic mass is 10.3. The van der Waals surface area contributed by atoms with Gasteiger partial charge in [-0.25, -0.2) is 0 Å². The van der Waals surface area contributed by atoms with Crippen molar-refractivity contribution in [3.63, 3.8) is 0 Å². The van der Waals surface area contributed by atoms with E-state index >= 15 is 0 Å². The van der Waals surface area contributed by atoms with Crippen LogP contribution in [-0.4, -0.2) is 15.9 Å². The molecule has 2 rings (SSSR count). The van der Waals surface area contributed by atoms with Gasteiger partial charge in [-0.15, -0.1) is 0 Å². The van der Waals surface area contributed by atoms with E-state index in [0.717, 1.165) is 4.47 Å².